The second-order valence-corrected chi connectivity index (χ2v) is 9.48. The summed E-state index contributed by atoms with van der Waals surface area (Å²) in [7, 11) is 0. The highest BCUT2D eigenvalue weighted by Gasteiger charge is 2.21. The predicted octanol–water partition coefficient (Wildman–Crippen LogP) is 9.02. The molecule has 1 fully saturated rings. The third-order valence-electron chi connectivity index (χ3n) is 7.61. The van der Waals surface area contributed by atoms with Gasteiger partial charge in [0.15, 0.2) is 0 Å². The summed E-state index contributed by atoms with van der Waals surface area (Å²) in [6.07, 6.45) is 16.0. The number of rotatable bonds is 6. The van der Waals surface area contributed by atoms with Crippen LogP contribution in [0, 0.1) is 11.8 Å². The smallest absolute Gasteiger partial charge is 0.0162 e. The Bertz CT molecular complexity index is 785. The summed E-state index contributed by atoms with van der Waals surface area (Å²) in [5.74, 6) is 2.67. The summed E-state index contributed by atoms with van der Waals surface area (Å²) >= 11 is 0. The Hall–Kier alpha value is -1.82. The first-order valence-corrected chi connectivity index (χ1v) is 12.2. The number of benzene rings is 2. The Labute approximate surface area is 178 Å². The fourth-order valence-corrected chi connectivity index (χ4v) is 5.55. The SMILES string of the molecule is CCCC1CC=C(c2ccc(-c3ccc(C4CCC(CC)CC4)cc3)cc2)CC1. The van der Waals surface area contributed by atoms with Crippen molar-refractivity contribution in [2.24, 2.45) is 11.8 Å². The van der Waals surface area contributed by atoms with Crippen LogP contribution in [-0.2, 0) is 0 Å². The topological polar surface area (TPSA) is 0 Å². The van der Waals surface area contributed by atoms with E-state index in [9.17, 15) is 0 Å². The van der Waals surface area contributed by atoms with E-state index in [1.807, 2.05) is 0 Å². The maximum Gasteiger partial charge on any atom is -0.0162 e. The molecule has 2 aromatic carbocycles. The molecule has 0 amide bonds. The zero-order valence-corrected chi connectivity index (χ0v) is 18.5. The van der Waals surface area contributed by atoms with Crippen LogP contribution in [0.15, 0.2) is 54.6 Å². The van der Waals surface area contributed by atoms with Gasteiger partial charge in [-0.25, -0.2) is 0 Å². The van der Waals surface area contributed by atoms with E-state index in [1.165, 1.54) is 80.9 Å². The van der Waals surface area contributed by atoms with Gasteiger partial charge in [-0.2, -0.15) is 0 Å². The van der Waals surface area contributed by atoms with Gasteiger partial charge >= 0.3 is 0 Å². The summed E-state index contributed by atoms with van der Waals surface area (Å²) in [6.45, 7) is 4.65. The van der Waals surface area contributed by atoms with Crippen LogP contribution in [0.25, 0.3) is 16.7 Å². The highest BCUT2D eigenvalue weighted by Crippen LogP contribution is 2.38. The lowest BCUT2D eigenvalue weighted by atomic mass is 9.77. The number of allylic oxidation sites excluding steroid dienone is 2. The highest BCUT2D eigenvalue weighted by atomic mass is 14.3. The fraction of sp³-hybridized carbons (Fsp3) is 0.517. The quantitative estimate of drug-likeness (QED) is 0.464. The summed E-state index contributed by atoms with van der Waals surface area (Å²) < 4.78 is 0. The molecule has 2 aliphatic carbocycles. The second-order valence-electron chi connectivity index (χ2n) is 9.48. The molecule has 1 saturated carbocycles. The molecule has 1 unspecified atom stereocenters. The molecule has 29 heavy (non-hydrogen) atoms. The molecule has 0 spiro atoms. The van der Waals surface area contributed by atoms with Gasteiger partial charge in [0.1, 0.15) is 0 Å². The Balaban J connectivity index is 1.39. The molecule has 0 saturated heterocycles. The summed E-state index contributed by atoms with van der Waals surface area (Å²) in [4.78, 5) is 0. The van der Waals surface area contributed by atoms with Gasteiger partial charge < -0.3 is 0 Å². The molecule has 4 rings (SSSR count). The van der Waals surface area contributed by atoms with Crippen molar-refractivity contribution in [3.8, 4) is 11.1 Å². The lowest BCUT2D eigenvalue weighted by molar-refractivity contribution is 0.319. The van der Waals surface area contributed by atoms with Gasteiger partial charge in [-0.3, -0.25) is 0 Å². The van der Waals surface area contributed by atoms with E-state index in [0.29, 0.717) is 0 Å². The van der Waals surface area contributed by atoms with E-state index in [0.717, 1.165) is 17.8 Å². The molecule has 0 bridgehead atoms. The van der Waals surface area contributed by atoms with Gasteiger partial charge in [-0.1, -0.05) is 87.7 Å². The van der Waals surface area contributed by atoms with Gasteiger partial charge in [0.2, 0.25) is 0 Å². The van der Waals surface area contributed by atoms with Gasteiger partial charge in [-0.05, 0) is 90.5 Å². The fourth-order valence-electron chi connectivity index (χ4n) is 5.55. The van der Waals surface area contributed by atoms with Crippen molar-refractivity contribution in [2.45, 2.75) is 84.0 Å². The van der Waals surface area contributed by atoms with Crippen molar-refractivity contribution >= 4 is 5.57 Å². The van der Waals surface area contributed by atoms with E-state index in [-0.39, 0.29) is 0 Å². The summed E-state index contributed by atoms with van der Waals surface area (Å²) in [5, 5.41) is 0. The molecule has 0 radical (unpaired) electrons. The lowest BCUT2D eigenvalue weighted by Gasteiger charge is -2.28. The van der Waals surface area contributed by atoms with E-state index in [2.05, 4.69) is 68.5 Å². The van der Waals surface area contributed by atoms with Gasteiger partial charge in [0.25, 0.3) is 0 Å². The van der Waals surface area contributed by atoms with Crippen LogP contribution in [-0.4, -0.2) is 0 Å². The second kappa shape index (κ2) is 9.79. The molecule has 154 valence electrons. The molecular weight excluding hydrogens is 348 g/mol. The lowest BCUT2D eigenvalue weighted by Crippen LogP contribution is -2.12. The standard InChI is InChI=1S/C29H38/c1-3-5-23-8-12-25(13-9-23)27-16-20-29(21-17-27)28-18-14-26(15-19-28)24-10-6-22(4-2)7-11-24/h12,14-24H,3-11,13H2,1-2H3. The summed E-state index contributed by atoms with van der Waals surface area (Å²) in [6, 6.07) is 18.8. The minimum atomic E-state index is 0.781. The maximum absolute atomic E-state index is 2.50. The summed E-state index contributed by atoms with van der Waals surface area (Å²) in [5.41, 5.74) is 7.22. The molecule has 0 aromatic heterocycles. The Morgan fingerprint density at radius 3 is 1.86 bits per heavy atom. The molecule has 0 aliphatic heterocycles. The van der Waals surface area contributed by atoms with Crippen LogP contribution < -0.4 is 0 Å². The number of hydrogen-bond donors (Lipinski definition) is 0. The Morgan fingerprint density at radius 1 is 0.690 bits per heavy atom. The average Bonchev–Trinajstić information content (AvgIpc) is 2.80. The van der Waals surface area contributed by atoms with Gasteiger partial charge in [0, 0.05) is 0 Å². The largest absolute Gasteiger partial charge is 0.0804 e. The molecule has 0 heterocycles. The molecule has 0 nitrogen and oxygen atoms in total. The average molecular weight is 387 g/mol. The minimum Gasteiger partial charge on any atom is -0.0804 e. The zero-order chi connectivity index (χ0) is 20.1. The van der Waals surface area contributed by atoms with Crippen LogP contribution >= 0.6 is 0 Å². The molecular formula is C29H38. The molecule has 0 heteroatoms. The van der Waals surface area contributed by atoms with E-state index >= 15 is 0 Å². The van der Waals surface area contributed by atoms with Crippen LogP contribution in [0.2, 0.25) is 0 Å². The van der Waals surface area contributed by atoms with Gasteiger partial charge in [0.05, 0.1) is 0 Å². The molecule has 1 atom stereocenters. The van der Waals surface area contributed by atoms with E-state index in [1.54, 1.807) is 11.1 Å². The van der Waals surface area contributed by atoms with Crippen molar-refractivity contribution in [1.29, 1.82) is 0 Å². The van der Waals surface area contributed by atoms with Gasteiger partial charge in [-0.15, -0.1) is 0 Å². The predicted molar refractivity (Wildman–Crippen MR) is 127 cm³/mol. The Kier molecular flexibility index (Phi) is 6.90. The molecule has 2 aliphatic rings. The molecule has 0 N–H and O–H groups in total. The van der Waals surface area contributed by atoms with Crippen molar-refractivity contribution in [3.05, 3.63) is 65.7 Å². The Morgan fingerprint density at radius 2 is 1.31 bits per heavy atom. The molecule has 2 aromatic rings. The van der Waals surface area contributed by atoms with Crippen molar-refractivity contribution < 1.29 is 0 Å². The first-order chi connectivity index (χ1) is 14.3. The van der Waals surface area contributed by atoms with E-state index in [4.69, 9.17) is 0 Å². The maximum atomic E-state index is 2.50. The van der Waals surface area contributed by atoms with Crippen molar-refractivity contribution in [2.75, 3.05) is 0 Å². The van der Waals surface area contributed by atoms with E-state index < -0.39 is 0 Å². The third kappa shape index (κ3) is 5.03. The minimum absolute atomic E-state index is 0.781. The van der Waals surface area contributed by atoms with Crippen LogP contribution in [0.3, 0.4) is 0 Å². The van der Waals surface area contributed by atoms with Crippen LogP contribution in [0.4, 0.5) is 0 Å². The van der Waals surface area contributed by atoms with Crippen LogP contribution in [0.5, 0.6) is 0 Å². The third-order valence-corrected chi connectivity index (χ3v) is 7.61. The zero-order valence-electron chi connectivity index (χ0n) is 18.5. The highest BCUT2D eigenvalue weighted by molar-refractivity contribution is 5.71. The normalized spacial score (nSPS) is 24.9. The van der Waals surface area contributed by atoms with Crippen molar-refractivity contribution in [3.63, 3.8) is 0 Å². The first kappa shape index (κ1) is 20.5. The number of hydrogen-bond acceptors (Lipinski definition) is 0. The first-order valence-electron chi connectivity index (χ1n) is 12.2. The van der Waals surface area contributed by atoms with Crippen LogP contribution in [0.1, 0.15) is 95.1 Å². The van der Waals surface area contributed by atoms with Crippen molar-refractivity contribution in [1.82, 2.24) is 0 Å². The monoisotopic (exact) mass is 386 g/mol.